The van der Waals surface area contributed by atoms with Crippen molar-refractivity contribution in [2.45, 2.75) is 32.6 Å². The van der Waals surface area contributed by atoms with Crippen LogP contribution in [0.15, 0.2) is 12.3 Å². The molecule has 0 aliphatic heterocycles. The number of aromatic nitrogens is 1. The van der Waals surface area contributed by atoms with Crippen molar-refractivity contribution in [2.24, 2.45) is 0 Å². The number of nitrogens with two attached hydrogens (primary N) is 1. The van der Waals surface area contributed by atoms with E-state index in [-0.39, 0.29) is 11.3 Å². The third kappa shape index (κ3) is 3.91. The first kappa shape index (κ1) is 14.3. The second-order valence-corrected chi connectivity index (χ2v) is 3.98. The van der Waals surface area contributed by atoms with Crippen molar-refractivity contribution >= 4 is 11.7 Å². The van der Waals surface area contributed by atoms with Gasteiger partial charge in [-0.1, -0.05) is 26.2 Å². The number of ether oxygens (including phenoxy) is 2. The molecule has 100 valence electrons. The Kier molecular flexibility index (Phi) is 5.97. The third-order valence-corrected chi connectivity index (χ3v) is 2.60. The van der Waals surface area contributed by atoms with Gasteiger partial charge in [-0.3, -0.25) is 0 Å². The van der Waals surface area contributed by atoms with E-state index in [1.165, 1.54) is 32.2 Å². The molecule has 1 aromatic heterocycles. The maximum atomic E-state index is 11.4. The summed E-state index contributed by atoms with van der Waals surface area (Å²) in [6, 6.07) is 1.52. The molecule has 0 amide bonds. The summed E-state index contributed by atoms with van der Waals surface area (Å²) < 4.78 is 10.1. The largest absolute Gasteiger partial charge is 0.476 e. The highest BCUT2D eigenvalue weighted by molar-refractivity contribution is 5.95. The van der Waals surface area contributed by atoms with Crippen molar-refractivity contribution < 1.29 is 14.3 Å². The van der Waals surface area contributed by atoms with Crippen LogP contribution in [0, 0.1) is 0 Å². The van der Waals surface area contributed by atoms with Gasteiger partial charge in [0.25, 0.3) is 0 Å². The number of hydrogen-bond acceptors (Lipinski definition) is 5. The maximum absolute atomic E-state index is 11.4. The number of nitrogen functional groups attached to an aromatic ring is 1. The van der Waals surface area contributed by atoms with Crippen LogP contribution in [-0.2, 0) is 4.74 Å². The fourth-order valence-corrected chi connectivity index (χ4v) is 1.55. The predicted octanol–water partition coefficient (Wildman–Crippen LogP) is 2.41. The van der Waals surface area contributed by atoms with E-state index in [2.05, 4.69) is 16.6 Å². The van der Waals surface area contributed by atoms with Crippen LogP contribution in [0.1, 0.15) is 43.0 Å². The van der Waals surface area contributed by atoms with Gasteiger partial charge < -0.3 is 15.2 Å². The van der Waals surface area contributed by atoms with Crippen molar-refractivity contribution in [3.8, 4) is 5.88 Å². The molecule has 2 N–H and O–H groups in total. The number of rotatable bonds is 7. The number of carbonyl (C=O) groups is 1. The second kappa shape index (κ2) is 7.53. The number of esters is 1. The summed E-state index contributed by atoms with van der Waals surface area (Å²) in [5.74, 6) is -0.180. The molecule has 5 nitrogen and oxygen atoms in total. The molecule has 0 aliphatic rings. The number of anilines is 1. The second-order valence-electron chi connectivity index (χ2n) is 3.98. The van der Waals surface area contributed by atoms with Gasteiger partial charge in [0.2, 0.25) is 5.88 Å². The fraction of sp³-hybridized carbons (Fsp3) is 0.538. The van der Waals surface area contributed by atoms with Crippen LogP contribution in [0.5, 0.6) is 5.88 Å². The Bertz CT molecular complexity index is 394. The molecule has 0 saturated heterocycles. The SMILES string of the molecule is CCCCCCOc1nccc(C(=O)OC)c1N. The molecule has 1 heterocycles. The Hall–Kier alpha value is -1.78. The smallest absolute Gasteiger partial charge is 0.340 e. The maximum Gasteiger partial charge on any atom is 0.340 e. The van der Waals surface area contributed by atoms with E-state index < -0.39 is 5.97 Å². The highest BCUT2D eigenvalue weighted by Crippen LogP contribution is 2.23. The van der Waals surface area contributed by atoms with Crippen molar-refractivity contribution in [1.82, 2.24) is 4.98 Å². The van der Waals surface area contributed by atoms with E-state index in [4.69, 9.17) is 10.5 Å². The third-order valence-electron chi connectivity index (χ3n) is 2.60. The Labute approximate surface area is 107 Å². The summed E-state index contributed by atoms with van der Waals surface area (Å²) in [6.45, 7) is 2.71. The first-order chi connectivity index (χ1) is 8.70. The van der Waals surface area contributed by atoms with Gasteiger partial charge in [-0.25, -0.2) is 9.78 Å². The quantitative estimate of drug-likeness (QED) is 0.595. The van der Waals surface area contributed by atoms with Crippen LogP contribution in [0.3, 0.4) is 0 Å². The van der Waals surface area contributed by atoms with E-state index in [1.54, 1.807) is 0 Å². The standard InChI is InChI=1S/C13H20N2O3/c1-3-4-5-6-9-18-12-11(14)10(7-8-15-12)13(16)17-2/h7-8H,3-6,9,14H2,1-2H3. The first-order valence-corrected chi connectivity index (χ1v) is 6.16. The monoisotopic (exact) mass is 252 g/mol. The molecule has 0 fully saturated rings. The molecular weight excluding hydrogens is 232 g/mol. The molecule has 0 spiro atoms. The Morgan fingerprint density at radius 3 is 2.83 bits per heavy atom. The summed E-state index contributed by atoms with van der Waals surface area (Å²) in [7, 11) is 1.31. The van der Waals surface area contributed by atoms with Crippen LogP contribution >= 0.6 is 0 Å². The molecule has 0 atom stereocenters. The summed E-state index contributed by atoms with van der Waals surface area (Å²) in [6.07, 6.45) is 5.93. The van der Waals surface area contributed by atoms with E-state index in [0.717, 1.165) is 12.8 Å². The highest BCUT2D eigenvalue weighted by Gasteiger charge is 2.14. The molecule has 0 radical (unpaired) electrons. The average molecular weight is 252 g/mol. The van der Waals surface area contributed by atoms with Crippen LogP contribution in [0.2, 0.25) is 0 Å². The summed E-state index contributed by atoms with van der Waals surface area (Å²) in [4.78, 5) is 15.4. The molecule has 0 bridgehead atoms. The molecule has 0 unspecified atom stereocenters. The minimum absolute atomic E-state index is 0.236. The minimum atomic E-state index is -0.481. The number of hydrogen-bond donors (Lipinski definition) is 1. The lowest BCUT2D eigenvalue weighted by atomic mass is 10.2. The van der Waals surface area contributed by atoms with Crippen molar-refractivity contribution in [3.63, 3.8) is 0 Å². The van der Waals surface area contributed by atoms with Crippen molar-refractivity contribution in [2.75, 3.05) is 19.5 Å². The van der Waals surface area contributed by atoms with E-state index >= 15 is 0 Å². The van der Waals surface area contributed by atoms with Gasteiger partial charge in [-0.05, 0) is 12.5 Å². The number of carbonyl (C=O) groups excluding carboxylic acids is 1. The molecule has 0 saturated carbocycles. The number of nitrogens with zero attached hydrogens (tertiary/aromatic N) is 1. The lowest BCUT2D eigenvalue weighted by Crippen LogP contribution is -2.09. The van der Waals surface area contributed by atoms with Crippen LogP contribution in [0.4, 0.5) is 5.69 Å². The number of methoxy groups -OCH3 is 1. The summed E-state index contributed by atoms with van der Waals surface area (Å²) in [5.41, 5.74) is 6.34. The zero-order chi connectivity index (χ0) is 13.4. The molecule has 5 heteroatoms. The van der Waals surface area contributed by atoms with Crippen molar-refractivity contribution in [1.29, 1.82) is 0 Å². The van der Waals surface area contributed by atoms with Crippen molar-refractivity contribution in [3.05, 3.63) is 17.8 Å². The molecule has 0 aromatic carbocycles. The zero-order valence-corrected chi connectivity index (χ0v) is 10.9. The van der Waals surface area contributed by atoms with Gasteiger partial charge in [0.05, 0.1) is 19.3 Å². The average Bonchev–Trinajstić information content (AvgIpc) is 2.39. The molecular formula is C13H20N2O3. The topological polar surface area (TPSA) is 74.4 Å². The van der Waals surface area contributed by atoms with Gasteiger partial charge in [-0.15, -0.1) is 0 Å². The predicted molar refractivity (Wildman–Crippen MR) is 69.6 cm³/mol. The molecule has 18 heavy (non-hydrogen) atoms. The Morgan fingerprint density at radius 1 is 1.39 bits per heavy atom. The molecule has 0 aliphatic carbocycles. The van der Waals surface area contributed by atoms with E-state index in [0.29, 0.717) is 12.5 Å². The first-order valence-electron chi connectivity index (χ1n) is 6.16. The van der Waals surface area contributed by atoms with Crippen LogP contribution < -0.4 is 10.5 Å². The zero-order valence-electron chi connectivity index (χ0n) is 10.9. The van der Waals surface area contributed by atoms with Crippen LogP contribution in [-0.4, -0.2) is 24.7 Å². The fourth-order valence-electron chi connectivity index (χ4n) is 1.55. The van der Waals surface area contributed by atoms with E-state index in [1.807, 2.05) is 0 Å². The Morgan fingerprint density at radius 2 is 2.17 bits per heavy atom. The van der Waals surface area contributed by atoms with Gasteiger partial charge >= 0.3 is 5.97 Å². The lowest BCUT2D eigenvalue weighted by Gasteiger charge is -2.09. The number of unbranched alkanes of at least 4 members (excludes halogenated alkanes) is 3. The van der Waals surface area contributed by atoms with Gasteiger partial charge in [0.1, 0.15) is 5.69 Å². The summed E-state index contributed by atoms with van der Waals surface area (Å²) in [5, 5.41) is 0. The lowest BCUT2D eigenvalue weighted by molar-refractivity contribution is 0.0601. The highest BCUT2D eigenvalue weighted by atomic mass is 16.5. The minimum Gasteiger partial charge on any atom is -0.476 e. The van der Waals surface area contributed by atoms with Gasteiger partial charge in [0, 0.05) is 6.20 Å². The molecule has 1 aromatic rings. The number of pyridine rings is 1. The van der Waals surface area contributed by atoms with Crippen LogP contribution in [0.25, 0.3) is 0 Å². The van der Waals surface area contributed by atoms with Gasteiger partial charge in [-0.2, -0.15) is 0 Å². The van der Waals surface area contributed by atoms with Gasteiger partial charge in [0.15, 0.2) is 0 Å². The Balaban J connectivity index is 2.58. The normalized spacial score (nSPS) is 10.1. The molecule has 1 rings (SSSR count). The van der Waals surface area contributed by atoms with E-state index in [9.17, 15) is 4.79 Å². The summed E-state index contributed by atoms with van der Waals surface area (Å²) >= 11 is 0.